The molecule has 0 radical (unpaired) electrons. The first-order valence-electron chi connectivity index (χ1n) is 11.6. The van der Waals surface area contributed by atoms with Gasteiger partial charge in [0.05, 0.1) is 22.6 Å². The fraction of sp³-hybridized carbons (Fsp3) is 0.609. The highest BCUT2D eigenvalue weighted by atomic mass is 32.2. The molecule has 0 bridgehead atoms. The molecule has 1 aromatic carbocycles. The van der Waals surface area contributed by atoms with Crippen molar-refractivity contribution in [2.75, 3.05) is 44.0 Å². The number of likely N-dealkylation sites (N-methyl/N-ethyl adjacent to an activating group) is 1. The van der Waals surface area contributed by atoms with Gasteiger partial charge >= 0.3 is 6.03 Å². The van der Waals surface area contributed by atoms with Crippen LogP contribution < -0.4 is 5.32 Å². The van der Waals surface area contributed by atoms with Crippen LogP contribution in [0, 0.1) is 0 Å². The highest BCUT2D eigenvalue weighted by molar-refractivity contribution is 7.91. The van der Waals surface area contributed by atoms with Crippen LogP contribution >= 0.6 is 0 Å². The van der Waals surface area contributed by atoms with E-state index in [1.807, 2.05) is 19.0 Å². The highest BCUT2D eigenvalue weighted by Crippen LogP contribution is 2.32. The standard InChI is InChI=1S/C23H32N4O5S/c1-25(2)11-12-26(18-10-13-33(31,32)15-18)23(30)24-16-8-9-19-20(14-16)22(29)27(21(19)28)17-6-4-3-5-7-17/h8-9,14,17-18H,3-7,10-13,15H2,1-2H3,(H,24,30). The Balaban J connectivity index is 1.51. The number of fused-ring (bicyclic) bond motifs is 1. The summed E-state index contributed by atoms with van der Waals surface area (Å²) in [5.74, 6) is -0.523. The van der Waals surface area contributed by atoms with Gasteiger partial charge in [0.25, 0.3) is 11.8 Å². The molecule has 1 aliphatic carbocycles. The predicted molar refractivity (Wildman–Crippen MR) is 125 cm³/mol. The molecule has 2 fully saturated rings. The molecule has 33 heavy (non-hydrogen) atoms. The summed E-state index contributed by atoms with van der Waals surface area (Å²) in [5.41, 5.74) is 1.10. The van der Waals surface area contributed by atoms with E-state index in [1.54, 1.807) is 23.1 Å². The van der Waals surface area contributed by atoms with Gasteiger partial charge in [-0.2, -0.15) is 0 Å². The molecule has 4 rings (SSSR count). The molecule has 1 saturated heterocycles. The third-order valence-electron chi connectivity index (χ3n) is 6.81. The largest absolute Gasteiger partial charge is 0.322 e. The van der Waals surface area contributed by atoms with Crippen LogP contribution in [-0.2, 0) is 9.84 Å². The molecule has 0 spiro atoms. The Hall–Kier alpha value is -2.46. The van der Waals surface area contributed by atoms with Crippen LogP contribution in [0.4, 0.5) is 10.5 Å². The Kier molecular flexibility index (Phi) is 6.76. The summed E-state index contributed by atoms with van der Waals surface area (Å²) in [4.78, 5) is 43.9. The van der Waals surface area contributed by atoms with Gasteiger partial charge in [0.2, 0.25) is 0 Å². The topological polar surface area (TPSA) is 107 Å². The summed E-state index contributed by atoms with van der Waals surface area (Å²) in [6.45, 7) is 0.980. The lowest BCUT2D eigenvalue weighted by molar-refractivity contribution is 0.0549. The number of hydrogen-bond acceptors (Lipinski definition) is 6. The Morgan fingerprint density at radius 1 is 1.03 bits per heavy atom. The molecule has 0 aromatic heterocycles. The van der Waals surface area contributed by atoms with E-state index in [0.29, 0.717) is 36.3 Å². The normalized spacial score (nSPS) is 22.6. The molecule has 3 aliphatic rings. The number of nitrogens with one attached hydrogen (secondary N) is 1. The van der Waals surface area contributed by atoms with E-state index < -0.39 is 15.9 Å². The summed E-state index contributed by atoms with van der Waals surface area (Å²) < 4.78 is 24.0. The van der Waals surface area contributed by atoms with Crippen molar-refractivity contribution in [2.24, 2.45) is 0 Å². The highest BCUT2D eigenvalue weighted by Gasteiger charge is 2.40. The van der Waals surface area contributed by atoms with Crippen molar-refractivity contribution in [3.8, 4) is 0 Å². The number of carbonyl (C=O) groups is 3. The van der Waals surface area contributed by atoms with Gasteiger partial charge < -0.3 is 15.1 Å². The zero-order chi connectivity index (χ0) is 23.8. The van der Waals surface area contributed by atoms with Crippen molar-refractivity contribution in [1.29, 1.82) is 0 Å². The number of imide groups is 1. The summed E-state index contributed by atoms with van der Waals surface area (Å²) in [5, 5.41) is 2.82. The van der Waals surface area contributed by atoms with Crippen LogP contribution in [0.3, 0.4) is 0 Å². The SMILES string of the molecule is CN(C)CCN(C(=O)Nc1ccc2c(c1)C(=O)N(C1CCCCC1)C2=O)C1CCS(=O)(=O)C1. The van der Waals surface area contributed by atoms with Crippen molar-refractivity contribution in [3.05, 3.63) is 29.3 Å². The number of anilines is 1. The van der Waals surface area contributed by atoms with E-state index >= 15 is 0 Å². The first kappa shape index (κ1) is 23.7. The average molecular weight is 477 g/mol. The smallest absolute Gasteiger partial charge is 0.319 e. The molecule has 4 amide bonds. The van der Waals surface area contributed by atoms with Gasteiger partial charge in [0.15, 0.2) is 9.84 Å². The summed E-state index contributed by atoms with van der Waals surface area (Å²) in [6.07, 6.45) is 5.23. The fourth-order valence-corrected chi connectivity index (χ4v) is 6.71. The Morgan fingerprint density at radius 2 is 1.73 bits per heavy atom. The third-order valence-corrected chi connectivity index (χ3v) is 8.56. The minimum Gasteiger partial charge on any atom is -0.319 e. The number of rotatable bonds is 6. The van der Waals surface area contributed by atoms with Crippen LogP contribution in [0.25, 0.3) is 0 Å². The molecule has 1 atom stereocenters. The summed E-state index contributed by atoms with van der Waals surface area (Å²) in [7, 11) is 0.636. The monoisotopic (exact) mass is 476 g/mol. The number of urea groups is 1. The Bertz CT molecular complexity index is 1050. The molecular weight excluding hydrogens is 444 g/mol. The minimum atomic E-state index is -3.15. The minimum absolute atomic E-state index is 0.0403. The molecule has 10 heteroatoms. The van der Waals surface area contributed by atoms with Gasteiger partial charge in [-0.25, -0.2) is 13.2 Å². The van der Waals surface area contributed by atoms with Crippen molar-refractivity contribution in [1.82, 2.24) is 14.7 Å². The van der Waals surface area contributed by atoms with Crippen LogP contribution in [0.1, 0.15) is 59.2 Å². The maximum absolute atomic E-state index is 13.1. The van der Waals surface area contributed by atoms with E-state index in [4.69, 9.17) is 0 Å². The average Bonchev–Trinajstić information content (AvgIpc) is 3.24. The van der Waals surface area contributed by atoms with E-state index in [0.717, 1.165) is 32.1 Å². The summed E-state index contributed by atoms with van der Waals surface area (Å²) in [6, 6.07) is 3.94. The van der Waals surface area contributed by atoms with Crippen molar-refractivity contribution < 1.29 is 22.8 Å². The number of nitrogens with zero attached hydrogens (tertiary/aromatic N) is 3. The maximum atomic E-state index is 13.1. The zero-order valence-electron chi connectivity index (χ0n) is 19.2. The van der Waals surface area contributed by atoms with E-state index in [2.05, 4.69) is 5.32 Å². The van der Waals surface area contributed by atoms with Gasteiger partial charge in [0, 0.05) is 30.9 Å². The number of amides is 4. The van der Waals surface area contributed by atoms with Gasteiger partial charge in [0.1, 0.15) is 0 Å². The van der Waals surface area contributed by atoms with Crippen LogP contribution in [-0.4, -0.2) is 91.7 Å². The molecule has 2 heterocycles. The van der Waals surface area contributed by atoms with Crippen LogP contribution in [0.2, 0.25) is 0 Å². The molecule has 1 unspecified atom stereocenters. The molecule has 1 N–H and O–H groups in total. The Labute approximate surface area is 195 Å². The molecule has 9 nitrogen and oxygen atoms in total. The maximum Gasteiger partial charge on any atom is 0.322 e. The fourth-order valence-electron chi connectivity index (χ4n) is 4.98. The first-order chi connectivity index (χ1) is 15.7. The molecule has 180 valence electrons. The number of carbonyl (C=O) groups excluding carboxylic acids is 3. The number of hydrogen-bond donors (Lipinski definition) is 1. The van der Waals surface area contributed by atoms with Gasteiger partial charge in [-0.1, -0.05) is 19.3 Å². The zero-order valence-corrected chi connectivity index (χ0v) is 20.1. The lowest BCUT2D eigenvalue weighted by atomic mass is 9.94. The molecule has 1 aromatic rings. The second-order valence-electron chi connectivity index (χ2n) is 9.52. The van der Waals surface area contributed by atoms with Crippen molar-refractivity contribution in [3.63, 3.8) is 0 Å². The Morgan fingerprint density at radius 3 is 2.36 bits per heavy atom. The van der Waals surface area contributed by atoms with E-state index in [-0.39, 0.29) is 35.4 Å². The van der Waals surface area contributed by atoms with E-state index in [1.165, 1.54) is 4.90 Å². The van der Waals surface area contributed by atoms with Gasteiger partial charge in [-0.15, -0.1) is 0 Å². The van der Waals surface area contributed by atoms with Crippen LogP contribution in [0.15, 0.2) is 18.2 Å². The lowest BCUT2D eigenvalue weighted by Gasteiger charge is -2.29. The van der Waals surface area contributed by atoms with E-state index in [9.17, 15) is 22.8 Å². The second kappa shape index (κ2) is 9.42. The van der Waals surface area contributed by atoms with Crippen molar-refractivity contribution >= 4 is 33.4 Å². The lowest BCUT2D eigenvalue weighted by Crippen LogP contribution is -2.46. The summed E-state index contributed by atoms with van der Waals surface area (Å²) >= 11 is 0. The number of benzene rings is 1. The molecular formula is C23H32N4O5S. The molecule has 1 saturated carbocycles. The number of sulfone groups is 1. The first-order valence-corrected chi connectivity index (χ1v) is 13.4. The van der Waals surface area contributed by atoms with Gasteiger partial charge in [-0.05, 0) is 51.6 Å². The quantitative estimate of drug-likeness (QED) is 0.631. The van der Waals surface area contributed by atoms with Gasteiger partial charge in [-0.3, -0.25) is 14.5 Å². The second-order valence-corrected chi connectivity index (χ2v) is 11.7. The molecule has 2 aliphatic heterocycles. The third kappa shape index (κ3) is 5.06. The predicted octanol–water partition coefficient (Wildman–Crippen LogP) is 2.20. The van der Waals surface area contributed by atoms with Crippen LogP contribution in [0.5, 0.6) is 0 Å². The van der Waals surface area contributed by atoms with Crippen molar-refractivity contribution in [2.45, 2.75) is 50.6 Å².